The highest BCUT2D eigenvalue weighted by atomic mass is 79.9. The van der Waals surface area contributed by atoms with Crippen LogP contribution in [-0.2, 0) is 9.53 Å². The van der Waals surface area contributed by atoms with Gasteiger partial charge in [0, 0.05) is 15.8 Å². The Morgan fingerprint density at radius 1 is 1.23 bits per heavy atom. The lowest BCUT2D eigenvalue weighted by Gasteiger charge is -2.10. The van der Waals surface area contributed by atoms with E-state index in [1.807, 2.05) is 19.1 Å². The number of hydrogen-bond acceptors (Lipinski definition) is 4. The molecule has 114 valence electrons. The lowest BCUT2D eigenvalue weighted by Crippen LogP contribution is -2.21. The molecule has 0 spiro atoms. The zero-order valence-electron chi connectivity index (χ0n) is 11.9. The Morgan fingerprint density at radius 3 is 2.64 bits per heavy atom. The zero-order valence-corrected chi connectivity index (χ0v) is 13.5. The second-order valence-corrected chi connectivity index (χ2v) is 5.59. The molecule has 0 aliphatic carbocycles. The van der Waals surface area contributed by atoms with Gasteiger partial charge >= 0.3 is 5.97 Å². The fourth-order valence-corrected chi connectivity index (χ4v) is 2.32. The Kier molecular flexibility index (Phi) is 5.16. The minimum absolute atomic E-state index is 0.245. The van der Waals surface area contributed by atoms with Crippen LogP contribution in [0.1, 0.15) is 15.9 Å². The molecule has 0 aliphatic rings. The van der Waals surface area contributed by atoms with Gasteiger partial charge in [0.2, 0.25) is 0 Å². The largest absolute Gasteiger partial charge is 0.452 e. The summed E-state index contributed by atoms with van der Waals surface area (Å²) >= 11 is 3.35. The number of rotatable bonds is 4. The van der Waals surface area contributed by atoms with Crippen LogP contribution in [0.2, 0.25) is 0 Å². The van der Waals surface area contributed by atoms with Crippen LogP contribution in [0.3, 0.4) is 0 Å². The van der Waals surface area contributed by atoms with Crippen LogP contribution < -0.4 is 11.1 Å². The number of ether oxygens (including phenoxy) is 1. The standard InChI is InChI=1S/C16H15BrN2O3/c1-10-8-11(17)6-7-14(10)19-15(20)9-22-16(21)12-4-2-3-5-13(12)18/h2-8H,9,18H2,1H3,(H,19,20). The number of hydrogen-bond donors (Lipinski definition) is 2. The minimum Gasteiger partial charge on any atom is -0.452 e. The molecule has 0 fully saturated rings. The molecule has 0 bridgehead atoms. The molecule has 6 heteroatoms. The molecule has 0 heterocycles. The summed E-state index contributed by atoms with van der Waals surface area (Å²) in [5, 5.41) is 2.69. The van der Waals surface area contributed by atoms with E-state index >= 15 is 0 Å². The molecule has 0 radical (unpaired) electrons. The molecule has 0 aliphatic heterocycles. The molecule has 3 N–H and O–H groups in total. The summed E-state index contributed by atoms with van der Waals surface area (Å²) in [5.74, 6) is -1.03. The second kappa shape index (κ2) is 7.09. The SMILES string of the molecule is Cc1cc(Br)ccc1NC(=O)COC(=O)c1ccccc1N. The van der Waals surface area contributed by atoms with Gasteiger partial charge < -0.3 is 15.8 Å². The van der Waals surface area contributed by atoms with E-state index in [0.29, 0.717) is 11.4 Å². The summed E-state index contributed by atoms with van der Waals surface area (Å²) < 4.78 is 5.89. The highest BCUT2D eigenvalue weighted by Gasteiger charge is 2.13. The zero-order chi connectivity index (χ0) is 16.1. The first kappa shape index (κ1) is 16.0. The van der Waals surface area contributed by atoms with Crippen molar-refractivity contribution in [3.05, 3.63) is 58.1 Å². The van der Waals surface area contributed by atoms with Crippen LogP contribution in [0, 0.1) is 6.92 Å². The van der Waals surface area contributed by atoms with E-state index in [2.05, 4.69) is 21.2 Å². The first-order valence-corrected chi connectivity index (χ1v) is 7.34. The Labute approximate surface area is 136 Å². The maximum Gasteiger partial charge on any atom is 0.340 e. The number of carbonyl (C=O) groups excluding carboxylic acids is 2. The van der Waals surface area contributed by atoms with E-state index in [1.54, 1.807) is 30.3 Å². The van der Waals surface area contributed by atoms with E-state index in [9.17, 15) is 9.59 Å². The number of esters is 1. The van der Waals surface area contributed by atoms with Crippen molar-refractivity contribution in [3.8, 4) is 0 Å². The Hall–Kier alpha value is -2.34. The molecule has 2 aromatic carbocycles. The fraction of sp³-hybridized carbons (Fsp3) is 0.125. The Bertz CT molecular complexity index is 716. The van der Waals surface area contributed by atoms with Gasteiger partial charge in [-0.05, 0) is 42.8 Å². The van der Waals surface area contributed by atoms with E-state index < -0.39 is 11.9 Å². The summed E-state index contributed by atoms with van der Waals surface area (Å²) in [6, 6.07) is 12.0. The molecule has 0 aromatic heterocycles. The minimum atomic E-state index is -0.624. The second-order valence-electron chi connectivity index (χ2n) is 4.67. The molecule has 22 heavy (non-hydrogen) atoms. The van der Waals surface area contributed by atoms with Crippen LogP contribution in [0.25, 0.3) is 0 Å². The number of aryl methyl sites for hydroxylation is 1. The van der Waals surface area contributed by atoms with Crippen molar-refractivity contribution < 1.29 is 14.3 Å². The van der Waals surface area contributed by atoms with E-state index in [4.69, 9.17) is 10.5 Å². The number of benzene rings is 2. The average Bonchev–Trinajstić information content (AvgIpc) is 2.48. The third kappa shape index (κ3) is 4.08. The van der Waals surface area contributed by atoms with Gasteiger partial charge in [-0.15, -0.1) is 0 Å². The van der Waals surface area contributed by atoms with Crippen LogP contribution in [0.5, 0.6) is 0 Å². The normalized spacial score (nSPS) is 10.1. The maximum absolute atomic E-state index is 11.8. The summed E-state index contributed by atoms with van der Waals surface area (Å²) in [4.78, 5) is 23.7. The predicted molar refractivity (Wildman–Crippen MR) is 88.6 cm³/mol. The fourth-order valence-electron chi connectivity index (χ4n) is 1.85. The molecule has 5 nitrogen and oxygen atoms in total. The van der Waals surface area contributed by atoms with Gasteiger partial charge in [-0.1, -0.05) is 28.1 Å². The number of nitrogen functional groups attached to an aromatic ring is 1. The first-order chi connectivity index (χ1) is 10.5. The van der Waals surface area contributed by atoms with Crippen molar-refractivity contribution in [1.82, 2.24) is 0 Å². The van der Waals surface area contributed by atoms with Gasteiger partial charge in [0.05, 0.1) is 5.56 Å². The summed E-state index contributed by atoms with van der Waals surface area (Å²) in [6.45, 7) is 1.50. The maximum atomic E-state index is 11.8. The van der Waals surface area contributed by atoms with Crippen molar-refractivity contribution in [2.24, 2.45) is 0 Å². The molecule has 0 atom stereocenters. The lowest BCUT2D eigenvalue weighted by atomic mass is 10.2. The van der Waals surface area contributed by atoms with Gasteiger partial charge in [0.15, 0.2) is 6.61 Å². The molecular weight excluding hydrogens is 348 g/mol. The van der Waals surface area contributed by atoms with Crippen LogP contribution in [0.15, 0.2) is 46.9 Å². The van der Waals surface area contributed by atoms with Gasteiger partial charge in [0.1, 0.15) is 0 Å². The third-order valence-corrected chi connectivity index (χ3v) is 3.47. The number of anilines is 2. The van der Waals surface area contributed by atoms with Crippen LogP contribution >= 0.6 is 15.9 Å². The summed E-state index contributed by atoms with van der Waals surface area (Å²) in [7, 11) is 0. The van der Waals surface area contributed by atoms with Crippen LogP contribution in [-0.4, -0.2) is 18.5 Å². The third-order valence-electron chi connectivity index (χ3n) is 2.98. The van der Waals surface area contributed by atoms with Crippen molar-refractivity contribution in [1.29, 1.82) is 0 Å². The molecule has 0 saturated heterocycles. The van der Waals surface area contributed by atoms with E-state index in [-0.39, 0.29) is 12.2 Å². The Balaban J connectivity index is 1.93. The number of carbonyl (C=O) groups is 2. The summed E-state index contributed by atoms with van der Waals surface area (Å²) in [6.07, 6.45) is 0. The molecular formula is C16H15BrN2O3. The highest BCUT2D eigenvalue weighted by Crippen LogP contribution is 2.20. The van der Waals surface area contributed by atoms with E-state index in [0.717, 1.165) is 10.0 Å². The summed E-state index contributed by atoms with van der Waals surface area (Å²) in [5.41, 5.74) is 7.82. The van der Waals surface area contributed by atoms with E-state index in [1.165, 1.54) is 0 Å². The lowest BCUT2D eigenvalue weighted by molar-refractivity contribution is -0.119. The molecule has 2 rings (SSSR count). The predicted octanol–water partition coefficient (Wildman–Crippen LogP) is 3.14. The Morgan fingerprint density at radius 2 is 1.95 bits per heavy atom. The number of amides is 1. The number of nitrogens with one attached hydrogen (secondary N) is 1. The van der Waals surface area contributed by atoms with Crippen molar-refractivity contribution in [3.63, 3.8) is 0 Å². The van der Waals surface area contributed by atoms with Gasteiger partial charge in [-0.25, -0.2) is 4.79 Å². The van der Waals surface area contributed by atoms with Gasteiger partial charge in [-0.2, -0.15) is 0 Å². The molecule has 0 saturated carbocycles. The number of halogens is 1. The quantitative estimate of drug-likeness (QED) is 0.646. The monoisotopic (exact) mass is 362 g/mol. The first-order valence-electron chi connectivity index (χ1n) is 6.55. The number of para-hydroxylation sites is 1. The van der Waals surface area contributed by atoms with Crippen molar-refractivity contribution >= 4 is 39.2 Å². The van der Waals surface area contributed by atoms with Crippen molar-refractivity contribution in [2.75, 3.05) is 17.7 Å². The molecule has 0 unspecified atom stereocenters. The highest BCUT2D eigenvalue weighted by molar-refractivity contribution is 9.10. The topological polar surface area (TPSA) is 81.4 Å². The van der Waals surface area contributed by atoms with Crippen LogP contribution in [0.4, 0.5) is 11.4 Å². The average molecular weight is 363 g/mol. The number of nitrogens with two attached hydrogens (primary N) is 1. The molecule has 1 amide bonds. The van der Waals surface area contributed by atoms with Crippen molar-refractivity contribution in [2.45, 2.75) is 6.92 Å². The smallest absolute Gasteiger partial charge is 0.340 e. The van der Waals surface area contributed by atoms with Gasteiger partial charge in [0.25, 0.3) is 5.91 Å². The van der Waals surface area contributed by atoms with Gasteiger partial charge in [-0.3, -0.25) is 4.79 Å². The molecule has 2 aromatic rings.